The van der Waals surface area contributed by atoms with Crippen LogP contribution < -0.4 is 4.31 Å². The fourth-order valence-electron chi connectivity index (χ4n) is 3.75. The van der Waals surface area contributed by atoms with Gasteiger partial charge in [-0.3, -0.25) is 9.10 Å². The highest BCUT2D eigenvalue weighted by Crippen LogP contribution is 2.43. The molecular formula is C20H21BrN2O3S. The fraction of sp³-hybridized carbons (Fsp3) is 0.350. The first kappa shape index (κ1) is 18.5. The Morgan fingerprint density at radius 3 is 2.56 bits per heavy atom. The standard InChI is InChI=1S/C20H21BrN2O3S/c1-14-8-10-22(11-9-14)20(24)13-23-18-7-6-15(21)12-17(18)16-4-2-3-5-19(16)27(23,25)26/h2-7,12,14H,8-11,13H2,1H3. The topological polar surface area (TPSA) is 57.7 Å². The molecule has 1 saturated heterocycles. The van der Waals surface area contributed by atoms with Crippen LogP contribution in [0.1, 0.15) is 19.8 Å². The van der Waals surface area contributed by atoms with Crippen LogP contribution in [-0.2, 0) is 14.8 Å². The third-order valence-corrected chi connectivity index (χ3v) is 7.70. The van der Waals surface area contributed by atoms with Crippen molar-refractivity contribution in [2.75, 3.05) is 23.9 Å². The molecule has 0 N–H and O–H groups in total. The van der Waals surface area contributed by atoms with Crippen molar-refractivity contribution < 1.29 is 13.2 Å². The highest BCUT2D eigenvalue weighted by atomic mass is 79.9. The normalized spacial score (nSPS) is 18.7. The molecule has 2 aliphatic heterocycles. The van der Waals surface area contributed by atoms with Crippen LogP contribution in [0.15, 0.2) is 51.8 Å². The lowest BCUT2D eigenvalue weighted by molar-refractivity contribution is -0.130. The molecule has 27 heavy (non-hydrogen) atoms. The summed E-state index contributed by atoms with van der Waals surface area (Å²) in [6.45, 7) is 3.40. The molecule has 5 nitrogen and oxygen atoms in total. The molecule has 7 heteroatoms. The fourth-order valence-corrected chi connectivity index (χ4v) is 5.76. The summed E-state index contributed by atoms with van der Waals surface area (Å²) in [4.78, 5) is 14.9. The number of carbonyl (C=O) groups is 1. The Balaban J connectivity index is 1.74. The molecule has 4 rings (SSSR count). The van der Waals surface area contributed by atoms with Crippen molar-refractivity contribution in [3.63, 3.8) is 0 Å². The van der Waals surface area contributed by atoms with E-state index in [-0.39, 0.29) is 17.3 Å². The number of halogens is 1. The lowest BCUT2D eigenvalue weighted by Gasteiger charge is -2.35. The third-order valence-electron chi connectivity index (χ3n) is 5.39. The molecule has 1 amide bonds. The summed E-state index contributed by atoms with van der Waals surface area (Å²) in [5.41, 5.74) is 2.04. The predicted molar refractivity (Wildman–Crippen MR) is 109 cm³/mol. The van der Waals surface area contributed by atoms with Crippen LogP contribution in [-0.4, -0.2) is 38.9 Å². The molecule has 142 valence electrons. The SMILES string of the molecule is CC1CCN(C(=O)CN2c3ccc(Br)cc3-c3ccccc3S2(=O)=O)CC1. The number of benzene rings is 2. The summed E-state index contributed by atoms with van der Waals surface area (Å²) < 4.78 is 28.7. The Morgan fingerprint density at radius 1 is 1.11 bits per heavy atom. The quantitative estimate of drug-likeness (QED) is 0.699. The maximum atomic E-state index is 13.3. The first-order chi connectivity index (χ1) is 12.9. The number of likely N-dealkylation sites (tertiary alicyclic amines) is 1. The van der Waals surface area contributed by atoms with Crippen molar-refractivity contribution in [2.45, 2.75) is 24.7 Å². The highest BCUT2D eigenvalue weighted by molar-refractivity contribution is 9.10. The van der Waals surface area contributed by atoms with Crippen LogP contribution in [0.2, 0.25) is 0 Å². The number of hydrogen-bond acceptors (Lipinski definition) is 3. The van der Waals surface area contributed by atoms with Crippen molar-refractivity contribution in [1.82, 2.24) is 4.90 Å². The van der Waals surface area contributed by atoms with E-state index in [0.29, 0.717) is 30.3 Å². The van der Waals surface area contributed by atoms with Gasteiger partial charge in [0.2, 0.25) is 5.91 Å². The number of anilines is 1. The number of sulfonamides is 1. The van der Waals surface area contributed by atoms with E-state index in [1.807, 2.05) is 24.3 Å². The number of nitrogens with zero attached hydrogens (tertiary/aromatic N) is 2. The smallest absolute Gasteiger partial charge is 0.265 e. The van der Waals surface area contributed by atoms with E-state index in [2.05, 4.69) is 22.9 Å². The molecule has 0 unspecified atom stereocenters. The molecule has 0 saturated carbocycles. The number of hydrogen-bond donors (Lipinski definition) is 0. The third kappa shape index (κ3) is 3.27. The van der Waals surface area contributed by atoms with Crippen molar-refractivity contribution in [3.8, 4) is 11.1 Å². The monoisotopic (exact) mass is 448 g/mol. The zero-order chi connectivity index (χ0) is 19.2. The molecular weight excluding hydrogens is 428 g/mol. The lowest BCUT2D eigenvalue weighted by Crippen LogP contribution is -2.46. The number of amides is 1. The number of rotatable bonds is 2. The molecule has 1 fully saturated rings. The van der Waals surface area contributed by atoms with Gasteiger partial charge in [-0.05, 0) is 43.0 Å². The summed E-state index contributed by atoms with van der Waals surface area (Å²) in [6, 6.07) is 12.4. The Bertz CT molecular complexity index is 998. The molecule has 0 aliphatic carbocycles. The van der Waals surface area contributed by atoms with Gasteiger partial charge in [-0.1, -0.05) is 41.1 Å². The van der Waals surface area contributed by atoms with Gasteiger partial charge in [0.05, 0.1) is 10.6 Å². The molecule has 2 heterocycles. The van der Waals surface area contributed by atoms with E-state index in [1.165, 1.54) is 4.31 Å². The molecule has 0 radical (unpaired) electrons. The Labute approximate surface area is 168 Å². The van der Waals surface area contributed by atoms with Crippen molar-refractivity contribution in [2.24, 2.45) is 5.92 Å². The summed E-state index contributed by atoms with van der Waals surface area (Å²) in [5, 5.41) is 0. The van der Waals surface area contributed by atoms with E-state index in [0.717, 1.165) is 22.9 Å². The minimum absolute atomic E-state index is 0.140. The van der Waals surface area contributed by atoms with Crippen LogP contribution in [0.3, 0.4) is 0 Å². The van der Waals surface area contributed by atoms with E-state index in [1.54, 1.807) is 23.1 Å². The summed E-state index contributed by atoms with van der Waals surface area (Å²) in [5.74, 6) is 0.469. The molecule has 0 atom stereocenters. The van der Waals surface area contributed by atoms with Gasteiger partial charge in [-0.15, -0.1) is 0 Å². The zero-order valence-electron chi connectivity index (χ0n) is 15.1. The minimum atomic E-state index is -3.78. The van der Waals surface area contributed by atoms with Gasteiger partial charge >= 0.3 is 0 Å². The molecule has 2 aromatic carbocycles. The Morgan fingerprint density at radius 2 is 1.81 bits per heavy atom. The number of piperidine rings is 1. The maximum Gasteiger partial charge on any atom is 0.265 e. The van der Waals surface area contributed by atoms with Gasteiger partial charge in [0, 0.05) is 28.7 Å². The first-order valence-corrected chi connectivity index (χ1v) is 11.3. The van der Waals surface area contributed by atoms with Crippen molar-refractivity contribution in [3.05, 3.63) is 46.9 Å². The first-order valence-electron chi connectivity index (χ1n) is 9.07. The van der Waals surface area contributed by atoms with E-state index in [9.17, 15) is 13.2 Å². The summed E-state index contributed by atoms with van der Waals surface area (Å²) in [7, 11) is -3.78. The average molecular weight is 449 g/mol. The highest BCUT2D eigenvalue weighted by Gasteiger charge is 2.37. The lowest BCUT2D eigenvalue weighted by atomic mass is 9.99. The minimum Gasteiger partial charge on any atom is -0.341 e. The summed E-state index contributed by atoms with van der Waals surface area (Å²) in [6.07, 6.45) is 1.93. The number of fused-ring (bicyclic) bond motifs is 3. The maximum absolute atomic E-state index is 13.3. The second-order valence-electron chi connectivity index (χ2n) is 7.23. The van der Waals surface area contributed by atoms with E-state index < -0.39 is 10.0 Å². The van der Waals surface area contributed by atoms with Gasteiger partial charge in [0.25, 0.3) is 10.0 Å². The molecule has 0 spiro atoms. The molecule has 0 bridgehead atoms. The van der Waals surface area contributed by atoms with E-state index in [4.69, 9.17) is 0 Å². The zero-order valence-corrected chi connectivity index (χ0v) is 17.5. The molecule has 2 aromatic rings. The molecule has 2 aliphatic rings. The Kier molecular flexibility index (Phi) is 4.76. The van der Waals surface area contributed by atoms with Gasteiger partial charge in [0.1, 0.15) is 6.54 Å². The van der Waals surface area contributed by atoms with Crippen LogP contribution in [0, 0.1) is 5.92 Å². The summed E-state index contributed by atoms with van der Waals surface area (Å²) >= 11 is 3.47. The molecule has 0 aromatic heterocycles. The van der Waals surface area contributed by atoms with E-state index >= 15 is 0 Å². The van der Waals surface area contributed by atoms with Crippen LogP contribution in [0.5, 0.6) is 0 Å². The van der Waals surface area contributed by atoms with Crippen molar-refractivity contribution >= 4 is 37.5 Å². The van der Waals surface area contributed by atoms with Gasteiger partial charge in [0.15, 0.2) is 0 Å². The Hall–Kier alpha value is -1.86. The van der Waals surface area contributed by atoms with Gasteiger partial charge in [-0.2, -0.15) is 0 Å². The van der Waals surface area contributed by atoms with Crippen LogP contribution in [0.4, 0.5) is 5.69 Å². The van der Waals surface area contributed by atoms with Crippen LogP contribution in [0.25, 0.3) is 11.1 Å². The number of carbonyl (C=O) groups excluding carboxylic acids is 1. The average Bonchev–Trinajstić information content (AvgIpc) is 2.66. The van der Waals surface area contributed by atoms with Crippen LogP contribution >= 0.6 is 15.9 Å². The van der Waals surface area contributed by atoms with Gasteiger partial charge < -0.3 is 4.90 Å². The second-order valence-corrected chi connectivity index (χ2v) is 9.98. The predicted octanol–water partition coefficient (Wildman–Crippen LogP) is 3.88. The largest absolute Gasteiger partial charge is 0.341 e. The van der Waals surface area contributed by atoms with Crippen molar-refractivity contribution in [1.29, 1.82) is 0 Å². The van der Waals surface area contributed by atoms with Gasteiger partial charge in [-0.25, -0.2) is 8.42 Å². The second kappa shape index (κ2) is 6.95.